The molecule has 0 unspecified atom stereocenters. The second-order valence-corrected chi connectivity index (χ2v) is 8.59. The van der Waals surface area contributed by atoms with Gasteiger partial charge < -0.3 is 22.1 Å². The van der Waals surface area contributed by atoms with Gasteiger partial charge in [0.2, 0.25) is 5.95 Å². The molecule has 0 aliphatic carbocycles. The van der Waals surface area contributed by atoms with E-state index in [1.165, 1.54) is 36.5 Å². The lowest BCUT2D eigenvalue weighted by Crippen LogP contribution is -2.30. The molecular weight excluding hydrogens is 475 g/mol. The molecule has 0 aliphatic heterocycles. The van der Waals surface area contributed by atoms with Gasteiger partial charge in [0.25, 0.3) is 11.8 Å². The Bertz CT molecular complexity index is 1490. The summed E-state index contributed by atoms with van der Waals surface area (Å²) in [5.74, 6) is -1.50. The Morgan fingerprint density at radius 2 is 1.70 bits per heavy atom. The lowest BCUT2D eigenvalue weighted by atomic mass is 10.0. The fourth-order valence-electron chi connectivity index (χ4n) is 3.64. The van der Waals surface area contributed by atoms with E-state index in [0.717, 1.165) is 0 Å². The lowest BCUT2D eigenvalue weighted by Gasteiger charge is -2.13. The fourth-order valence-corrected chi connectivity index (χ4v) is 3.64. The molecule has 0 saturated heterocycles. The van der Waals surface area contributed by atoms with Gasteiger partial charge in [0.1, 0.15) is 5.82 Å². The van der Waals surface area contributed by atoms with Crippen LogP contribution < -0.4 is 22.1 Å². The summed E-state index contributed by atoms with van der Waals surface area (Å²) in [7, 11) is 0. The zero-order valence-electron chi connectivity index (χ0n) is 20.4. The molecule has 0 aliphatic rings. The maximum absolute atomic E-state index is 14.7. The highest BCUT2D eigenvalue weighted by Crippen LogP contribution is 2.28. The average molecular weight is 501 g/mol. The Morgan fingerprint density at radius 1 is 0.919 bits per heavy atom. The van der Waals surface area contributed by atoms with Crippen molar-refractivity contribution in [3.63, 3.8) is 0 Å². The van der Waals surface area contributed by atoms with Crippen molar-refractivity contribution >= 4 is 29.1 Å². The van der Waals surface area contributed by atoms with E-state index in [4.69, 9.17) is 11.5 Å². The van der Waals surface area contributed by atoms with Gasteiger partial charge in [-0.3, -0.25) is 14.6 Å². The molecule has 4 aromatic rings. The number of hydrogen-bond acceptors (Lipinski definition) is 8. The number of nitrogens with zero attached hydrogens (tertiary/aromatic N) is 4. The average Bonchev–Trinajstić information content (AvgIpc) is 2.84. The molecule has 37 heavy (non-hydrogen) atoms. The molecule has 0 saturated carbocycles. The Labute approximate surface area is 212 Å². The molecule has 1 aromatic carbocycles. The zero-order valence-corrected chi connectivity index (χ0v) is 20.4. The monoisotopic (exact) mass is 500 g/mol. The molecule has 0 fully saturated rings. The second-order valence-electron chi connectivity index (χ2n) is 8.59. The van der Waals surface area contributed by atoms with E-state index in [9.17, 15) is 14.0 Å². The maximum atomic E-state index is 14.7. The van der Waals surface area contributed by atoms with Crippen LogP contribution in [0.3, 0.4) is 0 Å². The van der Waals surface area contributed by atoms with Gasteiger partial charge in [-0.25, -0.2) is 19.3 Å². The molecule has 10 nitrogen and oxygen atoms in total. The first-order valence-corrected chi connectivity index (χ1v) is 11.4. The molecule has 11 heteroatoms. The predicted molar refractivity (Wildman–Crippen MR) is 139 cm³/mol. The van der Waals surface area contributed by atoms with Crippen LogP contribution >= 0.6 is 0 Å². The summed E-state index contributed by atoms with van der Waals surface area (Å²) in [5.41, 5.74) is 14.3. The third-order valence-corrected chi connectivity index (χ3v) is 5.28. The highest BCUT2D eigenvalue weighted by atomic mass is 19.1. The predicted octanol–water partition coefficient (Wildman–Crippen LogP) is 3.60. The van der Waals surface area contributed by atoms with E-state index in [2.05, 4.69) is 30.6 Å². The molecule has 4 rings (SSSR count). The standard InChI is InChI=1S/C26H25FN8O2/c1-13(2)31-24(36)15-4-5-18(27)17(11-15)20-7-6-19(28)23(33-20)25(37)34-22-12-30-9-8-16(22)21-10-14(3)32-26(29)35-21/h4-13H,28H2,1-3H3,(H,31,36)(H,34,37)(H2,29,32,35). The molecule has 0 radical (unpaired) electrons. The smallest absolute Gasteiger partial charge is 0.276 e. The number of carbonyl (C=O) groups is 2. The van der Waals surface area contributed by atoms with Crippen molar-refractivity contribution in [3.8, 4) is 22.5 Å². The van der Waals surface area contributed by atoms with Gasteiger partial charge in [-0.15, -0.1) is 0 Å². The summed E-state index contributed by atoms with van der Waals surface area (Å²) in [6.45, 7) is 5.42. The Kier molecular flexibility index (Phi) is 7.05. The molecule has 0 spiro atoms. The number of nitrogen functional groups attached to an aromatic ring is 2. The van der Waals surface area contributed by atoms with E-state index >= 15 is 0 Å². The van der Waals surface area contributed by atoms with Crippen molar-refractivity contribution in [2.75, 3.05) is 16.8 Å². The zero-order chi connectivity index (χ0) is 26.7. The van der Waals surface area contributed by atoms with Gasteiger partial charge in [0.05, 0.1) is 29.0 Å². The normalized spacial score (nSPS) is 10.8. The van der Waals surface area contributed by atoms with Gasteiger partial charge in [-0.2, -0.15) is 0 Å². The second kappa shape index (κ2) is 10.4. The molecule has 0 bridgehead atoms. The van der Waals surface area contributed by atoms with Crippen molar-refractivity contribution in [2.45, 2.75) is 26.8 Å². The minimum atomic E-state index is -0.638. The summed E-state index contributed by atoms with van der Waals surface area (Å²) in [6, 6.07) is 10.2. The Hall–Kier alpha value is -4.93. The van der Waals surface area contributed by atoms with Gasteiger partial charge in [0, 0.05) is 34.6 Å². The van der Waals surface area contributed by atoms with Crippen molar-refractivity contribution in [1.29, 1.82) is 0 Å². The van der Waals surface area contributed by atoms with E-state index in [0.29, 0.717) is 22.6 Å². The third-order valence-electron chi connectivity index (χ3n) is 5.28. The van der Waals surface area contributed by atoms with Gasteiger partial charge in [-0.05, 0) is 63.2 Å². The highest BCUT2D eigenvalue weighted by molar-refractivity contribution is 6.08. The summed E-state index contributed by atoms with van der Waals surface area (Å²) < 4.78 is 14.7. The fraction of sp³-hybridized carbons (Fsp3) is 0.154. The maximum Gasteiger partial charge on any atom is 0.276 e. The van der Waals surface area contributed by atoms with Crippen LogP contribution in [0.1, 0.15) is 40.4 Å². The number of aromatic nitrogens is 4. The first kappa shape index (κ1) is 25.2. The van der Waals surface area contributed by atoms with E-state index in [1.54, 1.807) is 25.3 Å². The number of anilines is 3. The van der Waals surface area contributed by atoms with E-state index < -0.39 is 11.7 Å². The number of halogens is 1. The molecule has 0 atom stereocenters. The number of benzene rings is 1. The van der Waals surface area contributed by atoms with Crippen LogP contribution in [0.15, 0.2) is 54.9 Å². The minimum absolute atomic E-state index is 0.0551. The minimum Gasteiger partial charge on any atom is -0.397 e. The molecule has 3 aromatic heterocycles. The number of nitrogens with two attached hydrogens (primary N) is 2. The summed E-state index contributed by atoms with van der Waals surface area (Å²) in [4.78, 5) is 42.3. The van der Waals surface area contributed by atoms with Crippen LogP contribution in [0.5, 0.6) is 0 Å². The van der Waals surface area contributed by atoms with Crippen LogP contribution in [0.25, 0.3) is 22.5 Å². The largest absolute Gasteiger partial charge is 0.397 e. The Balaban J connectivity index is 1.68. The highest BCUT2D eigenvalue weighted by Gasteiger charge is 2.19. The number of amides is 2. The quantitative estimate of drug-likeness (QED) is 0.312. The van der Waals surface area contributed by atoms with Crippen molar-refractivity contribution in [1.82, 2.24) is 25.3 Å². The molecule has 6 N–H and O–H groups in total. The van der Waals surface area contributed by atoms with Gasteiger partial charge >= 0.3 is 0 Å². The van der Waals surface area contributed by atoms with E-state index in [-0.39, 0.29) is 46.1 Å². The van der Waals surface area contributed by atoms with E-state index in [1.807, 2.05) is 13.8 Å². The number of aryl methyl sites for hydroxylation is 1. The Morgan fingerprint density at radius 3 is 2.43 bits per heavy atom. The van der Waals surface area contributed by atoms with Gasteiger partial charge in [-0.1, -0.05) is 0 Å². The topological polar surface area (TPSA) is 162 Å². The van der Waals surface area contributed by atoms with Crippen molar-refractivity contribution in [3.05, 3.63) is 77.6 Å². The number of rotatable bonds is 6. The van der Waals surface area contributed by atoms with Crippen molar-refractivity contribution < 1.29 is 14.0 Å². The summed E-state index contributed by atoms with van der Waals surface area (Å²) >= 11 is 0. The number of nitrogens with one attached hydrogen (secondary N) is 2. The molecule has 2 amide bonds. The molecule has 188 valence electrons. The molecular formula is C26H25FN8O2. The first-order chi connectivity index (χ1) is 17.6. The molecule has 3 heterocycles. The van der Waals surface area contributed by atoms with Gasteiger partial charge in [0.15, 0.2) is 5.69 Å². The summed E-state index contributed by atoms with van der Waals surface area (Å²) in [5, 5.41) is 5.51. The van der Waals surface area contributed by atoms with Crippen molar-refractivity contribution in [2.24, 2.45) is 0 Å². The first-order valence-electron chi connectivity index (χ1n) is 11.4. The third kappa shape index (κ3) is 5.67. The van der Waals surface area contributed by atoms with Crippen LogP contribution in [0.2, 0.25) is 0 Å². The van der Waals surface area contributed by atoms with Crippen LogP contribution in [0.4, 0.5) is 21.7 Å². The van der Waals surface area contributed by atoms with Crippen LogP contribution in [0, 0.1) is 12.7 Å². The number of pyridine rings is 2. The lowest BCUT2D eigenvalue weighted by molar-refractivity contribution is 0.0942. The summed E-state index contributed by atoms with van der Waals surface area (Å²) in [6.07, 6.45) is 3.01. The SMILES string of the molecule is Cc1cc(-c2ccncc2NC(=O)c2nc(-c3cc(C(=O)NC(C)C)ccc3F)ccc2N)nc(N)n1. The van der Waals surface area contributed by atoms with Crippen LogP contribution in [-0.4, -0.2) is 37.8 Å². The number of carbonyl (C=O) groups excluding carboxylic acids is 2. The number of hydrogen-bond donors (Lipinski definition) is 4. The van der Waals surface area contributed by atoms with Crippen LogP contribution in [-0.2, 0) is 0 Å².